The fourth-order valence-electron chi connectivity index (χ4n) is 3.94. The van der Waals surface area contributed by atoms with E-state index in [2.05, 4.69) is 57.4 Å². The third-order valence-electron chi connectivity index (χ3n) is 4.01. The lowest BCUT2D eigenvalue weighted by atomic mass is 9.63. The summed E-state index contributed by atoms with van der Waals surface area (Å²) in [4.78, 5) is 1.45. The van der Waals surface area contributed by atoms with Crippen LogP contribution in [0.25, 0.3) is 0 Å². The average Bonchev–Trinajstić information content (AvgIpc) is 2.63. The normalized spacial score (nSPS) is 24.9. The number of nitrogens with one attached hydrogen (secondary N) is 1. The molecule has 0 radical (unpaired) electrons. The van der Waals surface area contributed by atoms with Crippen LogP contribution in [-0.4, -0.2) is 6.04 Å². The zero-order chi connectivity index (χ0) is 13.4. The van der Waals surface area contributed by atoms with Gasteiger partial charge in [0.1, 0.15) is 0 Å². The summed E-state index contributed by atoms with van der Waals surface area (Å²) in [5, 5.41) is 6.01. The molecule has 1 aromatic heterocycles. The highest BCUT2D eigenvalue weighted by atomic mass is 32.1. The predicted molar refractivity (Wildman–Crippen MR) is 81.1 cm³/mol. The van der Waals surface area contributed by atoms with E-state index in [4.69, 9.17) is 0 Å². The largest absolute Gasteiger partial charge is 0.307 e. The zero-order valence-corrected chi connectivity index (χ0v) is 13.2. The van der Waals surface area contributed by atoms with E-state index in [0.29, 0.717) is 22.9 Å². The lowest BCUT2D eigenvalue weighted by molar-refractivity contribution is 0.0813. The number of hydrogen-bond donors (Lipinski definition) is 1. The van der Waals surface area contributed by atoms with Crippen molar-refractivity contribution in [2.75, 3.05) is 0 Å². The van der Waals surface area contributed by atoms with Gasteiger partial charge < -0.3 is 5.32 Å². The highest BCUT2D eigenvalue weighted by molar-refractivity contribution is 7.10. The Kier molecular flexibility index (Phi) is 3.89. The third kappa shape index (κ3) is 3.58. The zero-order valence-electron chi connectivity index (χ0n) is 12.4. The minimum atomic E-state index is 0.467. The first-order valence-corrected chi connectivity index (χ1v) is 7.95. The van der Waals surface area contributed by atoms with Crippen LogP contribution < -0.4 is 5.32 Å². The molecule has 18 heavy (non-hydrogen) atoms. The van der Waals surface area contributed by atoms with Gasteiger partial charge in [0.05, 0.1) is 0 Å². The summed E-state index contributed by atoms with van der Waals surface area (Å²) < 4.78 is 0. The van der Waals surface area contributed by atoms with Crippen LogP contribution in [0.2, 0.25) is 0 Å². The second kappa shape index (κ2) is 4.97. The standard InChI is InChI=1S/C16H27NS/c1-12(14-7-6-8-18-14)17-13-9-15(2,3)11-16(4,5)10-13/h6-8,12-13,17H,9-11H2,1-5H3/t12-/m0/s1. The molecule has 1 heterocycles. The van der Waals surface area contributed by atoms with Crippen molar-refractivity contribution in [3.8, 4) is 0 Å². The number of thiophene rings is 1. The van der Waals surface area contributed by atoms with Crippen molar-refractivity contribution in [1.29, 1.82) is 0 Å². The Morgan fingerprint density at radius 3 is 2.33 bits per heavy atom. The van der Waals surface area contributed by atoms with E-state index < -0.39 is 0 Å². The van der Waals surface area contributed by atoms with Crippen LogP contribution in [0.3, 0.4) is 0 Å². The van der Waals surface area contributed by atoms with Crippen LogP contribution in [0, 0.1) is 10.8 Å². The van der Waals surface area contributed by atoms with Gasteiger partial charge in [0, 0.05) is 17.0 Å². The molecule has 0 unspecified atom stereocenters. The fourth-order valence-corrected chi connectivity index (χ4v) is 4.68. The molecule has 102 valence electrons. The van der Waals surface area contributed by atoms with E-state index in [1.807, 2.05) is 11.3 Å². The Balaban J connectivity index is 2.01. The van der Waals surface area contributed by atoms with E-state index in [0.717, 1.165) is 0 Å². The van der Waals surface area contributed by atoms with Gasteiger partial charge in [-0.15, -0.1) is 11.3 Å². The molecule has 1 N–H and O–H groups in total. The Morgan fingerprint density at radius 1 is 1.22 bits per heavy atom. The second-order valence-electron chi connectivity index (χ2n) is 7.51. The van der Waals surface area contributed by atoms with Crippen molar-refractivity contribution in [3.05, 3.63) is 22.4 Å². The lowest BCUT2D eigenvalue weighted by Crippen LogP contribution is -2.44. The number of rotatable bonds is 3. The molecule has 1 aromatic rings. The van der Waals surface area contributed by atoms with Gasteiger partial charge in [-0.1, -0.05) is 33.8 Å². The Morgan fingerprint density at radius 2 is 1.83 bits per heavy atom. The molecule has 1 saturated carbocycles. The van der Waals surface area contributed by atoms with Crippen LogP contribution in [0.15, 0.2) is 17.5 Å². The van der Waals surface area contributed by atoms with Gasteiger partial charge >= 0.3 is 0 Å². The minimum Gasteiger partial charge on any atom is -0.307 e. The molecular weight excluding hydrogens is 238 g/mol. The highest BCUT2D eigenvalue weighted by Crippen LogP contribution is 2.46. The third-order valence-corrected chi connectivity index (χ3v) is 5.07. The monoisotopic (exact) mass is 265 g/mol. The molecule has 0 aliphatic heterocycles. The minimum absolute atomic E-state index is 0.467. The maximum atomic E-state index is 3.84. The highest BCUT2D eigenvalue weighted by Gasteiger charge is 2.38. The Hall–Kier alpha value is -0.340. The van der Waals surface area contributed by atoms with E-state index >= 15 is 0 Å². The SMILES string of the molecule is C[C@H](NC1CC(C)(C)CC(C)(C)C1)c1cccs1. The average molecular weight is 265 g/mol. The molecule has 1 fully saturated rings. The van der Waals surface area contributed by atoms with Crippen molar-refractivity contribution in [2.24, 2.45) is 10.8 Å². The molecular formula is C16H27NS. The summed E-state index contributed by atoms with van der Waals surface area (Å²) in [5.74, 6) is 0. The molecule has 1 aliphatic rings. The lowest BCUT2D eigenvalue weighted by Gasteiger charge is -2.46. The van der Waals surface area contributed by atoms with Crippen molar-refractivity contribution in [1.82, 2.24) is 5.32 Å². The molecule has 0 bridgehead atoms. The first-order valence-electron chi connectivity index (χ1n) is 7.07. The molecule has 0 spiro atoms. The maximum Gasteiger partial charge on any atom is 0.0388 e. The summed E-state index contributed by atoms with van der Waals surface area (Å²) in [5.41, 5.74) is 0.934. The van der Waals surface area contributed by atoms with Crippen LogP contribution in [0.5, 0.6) is 0 Å². The molecule has 1 nitrogen and oxygen atoms in total. The molecule has 0 saturated heterocycles. The van der Waals surface area contributed by atoms with Crippen molar-refractivity contribution < 1.29 is 0 Å². The van der Waals surface area contributed by atoms with Gasteiger partial charge in [0.25, 0.3) is 0 Å². The smallest absolute Gasteiger partial charge is 0.0388 e. The summed E-state index contributed by atoms with van der Waals surface area (Å²) >= 11 is 1.86. The maximum absolute atomic E-state index is 3.84. The Labute approximate surface area is 116 Å². The van der Waals surface area contributed by atoms with E-state index in [1.54, 1.807) is 0 Å². The molecule has 2 heteroatoms. The van der Waals surface area contributed by atoms with Gasteiger partial charge in [-0.25, -0.2) is 0 Å². The van der Waals surface area contributed by atoms with Crippen LogP contribution >= 0.6 is 11.3 Å². The molecule has 0 aromatic carbocycles. The van der Waals surface area contributed by atoms with Gasteiger partial charge in [0.15, 0.2) is 0 Å². The van der Waals surface area contributed by atoms with Crippen molar-refractivity contribution >= 4 is 11.3 Å². The van der Waals surface area contributed by atoms with Crippen LogP contribution in [0.1, 0.15) is 64.8 Å². The van der Waals surface area contributed by atoms with Crippen LogP contribution in [-0.2, 0) is 0 Å². The molecule has 0 amide bonds. The first kappa shape index (κ1) is 14.1. The second-order valence-corrected chi connectivity index (χ2v) is 8.49. The Bertz CT molecular complexity index is 362. The topological polar surface area (TPSA) is 12.0 Å². The molecule has 1 atom stereocenters. The summed E-state index contributed by atoms with van der Waals surface area (Å²) in [7, 11) is 0. The summed E-state index contributed by atoms with van der Waals surface area (Å²) in [6.07, 6.45) is 3.93. The summed E-state index contributed by atoms with van der Waals surface area (Å²) in [6, 6.07) is 5.52. The number of hydrogen-bond acceptors (Lipinski definition) is 2. The van der Waals surface area contributed by atoms with Gasteiger partial charge in [-0.05, 0) is 48.5 Å². The predicted octanol–water partition coefficient (Wildman–Crippen LogP) is 5.00. The fraction of sp³-hybridized carbons (Fsp3) is 0.750. The summed E-state index contributed by atoms with van der Waals surface area (Å²) in [6.45, 7) is 12.0. The van der Waals surface area contributed by atoms with E-state index in [9.17, 15) is 0 Å². The first-order chi connectivity index (χ1) is 8.27. The van der Waals surface area contributed by atoms with E-state index in [-0.39, 0.29) is 0 Å². The van der Waals surface area contributed by atoms with Crippen molar-refractivity contribution in [3.63, 3.8) is 0 Å². The van der Waals surface area contributed by atoms with Gasteiger partial charge in [0.2, 0.25) is 0 Å². The van der Waals surface area contributed by atoms with Crippen LogP contribution in [0.4, 0.5) is 0 Å². The van der Waals surface area contributed by atoms with Gasteiger partial charge in [-0.3, -0.25) is 0 Å². The van der Waals surface area contributed by atoms with Gasteiger partial charge in [-0.2, -0.15) is 0 Å². The van der Waals surface area contributed by atoms with Crippen molar-refractivity contribution in [2.45, 2.75) is 66.0 Å². The quantitative estimate of drug-likeness (QED) is 0.810. The molecule has 2 rings (SSSR count). The molecule has 1 aliphatic carbocycles. The van der Waals surface area contributed by atoms with E-state index in [1.165, 1.54) is 24.1 Å².